The van der Waals surface area contributed by atoms with Gasteiger partial charge in [0.25, 0.3) is 0 Å². The lowest BCUT2D eigenvalue weighted by Crippen LogP contribution is -1.99. The number of carbonyl (C=O) groups is 1. The van der Waals surface area contributed by atoms with Crippen LogP contribution in [0.5, 0.6) is 11.5 Å². The zero-order valence-electron chi connectivity index (χ0n) is 12.8. The fourth-order valence-corrected chi connectivity index (χ4v) is 1.90. The van der Waals surface area contributed by atoms with Gasteiger partial charge in [0, 0.05) is 6.08 Å². The highest BCUT2D eigenvalue weighted by Gasteiger charge is 2.01. The number of carbonyl (C=O) groups excluding carboxylic acids is 1. The van der Waals surface area contributed by atoms with E-state index in [2.05, 4.69) is 0 Å². The Balaban J connectivity index is 1.82. The molecule has 0 aliphatic heterocycles. The van der Waals surface area contributed by atoms with Gasteiger partial charge in [-0.2, -0.15) is 0 Å². The smallest absolute Gasteiger partial charge is 0.331 e. The summed E-state index contributed by atoms with van der Waals surface area (Å²) < 4.78 is 10.0. The summed E-state index contributed by atoms with van der Waals surface area (Å²) in [6, 6.07) is 14.6. The molecule has 4 nitrogen and oxygen atoms in total. The molecule has 0 saturated carbocycles. The number of aromatic hydroxyl groups is 1. The average molecular weight is 310 g/mol. The number of benzene rings is 2. The molecule has 0 heterocycles. The first-order valence-electron chi connectivity index (χ1n) is 7.12. The van der Waals surface area contributed by atoms with Crippen molar-refractivity contribution in [2.75, 3.05) is 13.7 Å². The van der Waals surface area contributed by atoms with Crippen LogP contribution in [0.4, 0.5) is 0 Å². The Labute approximate surface area is 135 Å². The van der Waals surface area contributed by atoms with Crippen molar-refractivity contribution in [2.45, 2.75) is 0 Å². The molecule has 23 heavy (non-hydrogen) atoms. The van der Waals surface area contributed by atoms with Crippen LogP contribution in [0.25, 0.3) is 12.2 Å². The molecule has 0 atom stereocenters. The van der Waals surface area contributed by atoms with E-state index in [9.17, 15) is 9.90 Å². The van der Waals surface area contributed by atoms with Crippen molar-refractivity contribution in [1.82, 2.24) is 0 Å². The molecule has 0 bridgehead atoms. The Morgan fingerprint density at radius 1 is 1.09 bits per heavy atom. The van der Waals surface area contributed by atoms with E-state index in [1.807, 2.05) is 36.4 Å². The number of methoxy groups -OCH3 is 1. The third-order valence-electron chi connectivity index (χ3n) is 3.05. The highest BCUT2D eigenvalue weighted by Crippen LogP contribution is 2.26. The van der Waals surface area contributed by atoms with Gasteiger partial charge >= 0.3 is 5.97 Å². The summed E-state index contributed by atoms with van der Waals surface area (Å²) in [7, 11) is 1.48. The number of phenolic OH excluding ortho intramolecular Hbond substituents is 1. The van der Waals surface area contributed by atoms with Gasteiger partial charge in [-0.25, -0.2) is 4.79 Å². The Bertz CT molecular complexity index is 703. The van der Waals surface area contributed by atoms with Crippen LogP contribution < -0.4 is 4.74 Å². The second-order valence-electron chi connectivity index (χ2n) is 4.71. The lowest BCUT2D eigenvalue weighted by molar-refractivity contribution is -0.136. The monoisotopic (exact) mass is 310 g/mol. The van der Waals surface area contributed by atoms with E-state index in [0.717, 1.165) is 5.56 Å². The summed E-state index contributed by atoms with van der Waals surface area (Å²) in [5, 5.41) is 9.65. The molecule has 4 heteroatoms. The maximum absolute atomic E-state index is 11.6. The van der Waals surface area contributed by atoms with Gasteiger partial charge < -0.3 is 14.6 Å². The normalized spacial score (nSPS) is 11.0. The number of esters is 1. The molecule has 2 aromatic carbocycles. The minimum Gasteiger partial charge on any atom is -0.504 e. The third-order valence-corrected chi connectivity index (χ3v) is 3.05. The standard InChI is InChI=1S/C19H18O4/c1-22-18-11-9-16(14-17(18)20)10-12-19(21)23-13-5-8-15-6-3-2-4-7-15/h2-12,14,20H,13H2,1H3. The van der Waals surface area contributed by atoms with Crippen LogP contribution in [0.3, 0.4) is 0 Å². The van der Waals surface area contributed by atoms with Gasteiger partial charge in [-0.15, -0.1) is 0 Å². The molecular formula is C19H18O4. The molecule has 0 radical (unpaired) electrons. The molecule has 1 N–H and O–H groups in total. The third kappa shape index (κ3) is 5.36. The van der Waals surface area contributed by atoms with Gasteiger partial charge in [-0.05, 0) is 35.4 Å². The summed E-state index contributed by atoms with van der Waals surface area (Å²) in [4.78, 5) is 11.6. The zero-order valence-corrected chi connectivity index (χ0v) is 12.8. The predicted octanol–water partition coefficient (Wildman–Crippen LogP) is 3.67. The first-order valence-corrected chi connectivity index (χ1v) is 7.12. The minimum atomic E-state index is -0.446. The van der Waals surface area contributed by atoms with Crippen LogP contribution in [0.15, 0.2) is 60.7 Å². The summed E-state index contributed by atoms with van der Waals surface area (Å²) in [5.41, 5.74) is 1.73. The number of hydrogen-bond acceptors (Lipinski definition) is 4. The van der Waals surface area contributed by atoms with Crippen molar-refractivity contribution in [3.63, 3.8) is 0 Å². The van der Waals surface area contributed by atoms with E-state index in [1.54, 1.807) is 24.3 Å². The van der Waals surface area contributed by atoms with Crippen molar-refractivity contribution >= 4 is 18.1 Å². The van der Waals surface area contributed by atoms with Crippen molar-refractivity contribution in [3.05, 3.63) is 71.8 Å². The van der Waals surface area contributed by atoms with Gasteiger partial charge in [-0.3, -0.25) is 0 Å². The Kier molecular flexibility index (Phi) is 6.00. The molecule has 0 unspecified atom stereocenters. The summed E-state index contributed by atoms with van der Waals surface area (Å²) in [5.74, 6) is -0.0393. The highest BCUT2D eigenvalue weighted by atomic mass is 16.5. The molecular weight excluding hydrogens is 292 g/mol. The van der Waals surface area contributed by atoms with Crippen molar-refractivity contribution in [1.29, 1.82) is 0 Å². The number of hydrogen-bond donors (Lipinski definition) is 1. The highest BCUT2D eigenvalue weighted by molar-refractivity contribution is 5.87. The van der Waals surface area contributed by atoms with E-state index in [-0.39, 0.29) is 12.4 Å². The summed E-state index contributed by atoms with van der Waals surface area (Å²) in [6.07, 6.45) is 6.55. The fourth-order valence-electron chi connectivity index (χ4n) is 1.90. The molecule has 0 amide bonds. The number of phenols is 1. The molecule has 118 valence electrons. The first kappa shape index (κ1) is 16.4. The van der Waals surface area contributed by atoms with Crippen molar-refractivity contribution in [2.24, 2.45) is 0 Å². The average Bonchev–Trinajstić information content (AvgIpc) is 2.58. The molecule has 0 aliphatic carbocycles. The van der Waals surface area contributed by atoms with Crippen LogP contribution in [-0.4, -0.2) is 24.8 Å². The summed E-state index contributed by atoms with van der Waals surface area (Å²) in [6.45, 7) is 0.200. The fraction of sp³-hybridized carbons (Fsp3) is 0.105. The molecule has 0 aliphatic rings. The SMILES string of the molecule is COc1ccc(C=CC(=O)OCC=Cc2ccccc2)cc1O. The van der Waals surface area contributed by atoms with E-state index >= 15 is 0 Å². The predicted molar refractivity (Wildman–Crippen MR) is 90.1 cm³/mol. The summed E-state index contributed by atoms with van der Waals surface area (Å²) >= 11 is 0. The van der Waals surface area contributed by atoms with Crippen molar-refractivity contribution in [3.8, 4) is 11.5 Å². The molecule has 0 spiro atoms. The topological polar surface area (TPSA) is 55.8 Å². The molecule has 0 aromatic heterocycles. The van der Waals surface area contributed by atoms with E-state index < -0.39 is 5.97 Å². The Morgan fingerprint density at radius 3 is 2.57 bits per heavy atom. The van der Waals surface area contributed by atoms with Gasteiger partial charge in [0.2, 0.25) is 0 Å². The van der Waals surface area contributed by atoms with Crippen molar-refractivity contribution < 1.29 is 19.4 Å². The van der Waals surface area contributed by atoms with Gasteiger partial charge in [0.05, 0.1) is 7.11 Å². The van der Waals surface area contributed by atoms with Crippen LogP contribution >= 0.6 is 0 Å². The van der Waals surface area contributed by atoms with Gasteiger partial charge in [0.1, 0.15) is 6.61 Å². The Hall–Kier alpha value is -3.01. The molecule has 0 saturated heterocycles. The number of ether oxygens (including phenoxy) is 2. The zero-order chi connectivity index (χ0) is 16.5. The largest absolute Gasteiger partial charge is 0.504 e. The van der Waals surface area contributed by atoms with Crippen LogP contribution in [0, 0.1) is 0 Å². The van der Waals surface area contributed by atoms with Gasteiger partial charge in [0.15, 0.2) is 11.5 Å². The van der Waals surface area contributed by atoms with Crippen LogP contribution in [0.2, 0.25) is 0 Å². The van der Waals surface area contributed by atoms with E-state index in [4.69, 9.17) is 9.47 Å². The Morgan fingerprint density at radius 2 is 1.87 bits per heavy atom. The molecule has 0 fully saturated rings. The second-order valence-corrected chi connectivity index (χ2v) is 4.71. The van der Waals surface area contributed by atoms with E-state index in [1.165, 1.54) is 19.3 Å². The second kappa shape index (κ2) is 8.44. The maximum atomic E-state index is 11.6. The maximum Gasteiger partial charge on any atom is 0.331 e. The van der Waals surface area contributed by atoms with Crippen LogP contribution in [0.1, 0.15) is 11.1 Å². The number of rotatable bonds is 6. The molecule has 2 rings (SSSR count). The lowest BCUT2D eigenvalue weighted by atomic mass is 10.2. The van der Waals surface area contributed by atoms with Gasteiger partial charge in [-0.1, -0.05) is 42.5 Å². The van der Waals surface area contributed by atoms with E-state index in [0.29, 0.717) is 11.3 Å². The quantitative estimate of drug-likeness (QED) is 0.653. The first-order chi connectivity index (χ1) is 11.2. The lowest BCUT2D eigenvalue weighted by Gasteiger charge is -2.03. The minimum absolute atomic E-state index is 0.0220. The van der Waals surface area contributed by atoms with Crippen LogP contribution in [-0.2, 0) is 9.53 Å². The molecule has 2 aromatic rings.